The van der Waals surface area contributed by atoms with Gasteiger partial charge in [-0.25, -0.2) is 4.99 Å². The number of aliphatic imine (C=N–C) groups is 1. The van der Waals surface area contributed by atoms with E-state index >= 15 is 0 Å². The minimum absolute atomic E-state index is 0.246. The third kappa shape index (κ3) is 5.16. The van der Waals surface area contributed by atoms with Crippen LogP contribution in [0.3, 0.4) is 0 Å². The maximum Gasteiger partial charge on any atom is 0.264 e. The van der Waals surface area contributed by atoms with E-state index in [0.717, 1.165) is 16.5 Å². The van der Waals surface area contributed by atoms with E-state index in [0.29, 0.717) is 39.5 Å². The Hall–Kier alpha value is -3.20. The van der Waals surface area contributed by atoms with Crippen LogP contribution in [0.5, 0.6) is 0 Å². The number of nitrogens with zero attached hydrogens (tertiary/aromatic N) is 2. The number of benzene rings is 2. The Bertz CT molecular complexity index is 1260. The van der Waals surface area contributed by atoms with Gasteiger partial charge in [0, 0.05) is 30.8 Å². The minimum Gasteiger partial charge on any atom is -0.383 e. The minimum atomic E-state index is -0.255. The molecule has 2 heterocycles. The molecule has 0 radical (unpaired) electrons. The fourth-order valence-corrected chi connectivity index (χ4v) is 4.03. The molecule has 9 heteroatoms. The summed E-state index contributed by atoms with van der Waals surface area (Å²) in [6.45, 7) is 0.812. The van der Waals surface area contributed by atoms with Crippen LogP contribution in [-0.2, 0) is 9.53 Å². The normalized spacial score (nSPS) is 16.0. The molecule has 1 saturated heterocycles. The number of methoxy groups -OCH3 is 1. The van der Waals surface area contributed by atoms with Crippen LogP contribution in [0.1, 0.15) is 15.9 Å². The van der Waals surface area contributed by atoms with Gasteiger partial charge in [0.25, 0.3) is 11.8 Å². The Morgan fingerprint density at radius 2 is 2.16 bits per heavy atom. The summed E-state index contributed by atoms with van der Waals surface area (Å²) in [5.74, 6) is -0.501. The molecule has 0 aliphatic carbocycles. The van der Waals surface area contributed by atoms with Crippen LogP contribution in [0.25, 0.3) is 17.0 Å². The Labute approximate surface area is 193 Å². The number of hydrogen-bond donors (Lipinski definition) is 2. The van der Waals surface area contributed by atoms with Gasteiger partial charge in [-0.05, 0) is 59.8 Å². The number of carbonyl (C=O) groups excluding carboxylic acids is 2. The zero-order chi connectivity index (χ0) is 22.5. The highest BCUT2D eigenvalue weighted by atomic mass is 35.5. The van der Waals surface area contributed by atoms with Gasteiger partial charge in [-0.15, -0.1) is 0 Å². The van der Waals surface area contributed by atoms with Crippen LogP contribution in [0.15, 0.2) is 64.6 Å². The quantitative estimate of drug-likeness (QED) is 0.420. The predicted molar refractivity (Wildman–Crippen MR) is 128 cm³/mol. The van der Waals surface area contributed by atoms with Crippen molar-refractivity contribution in [1.82, 2.24) is 15.6 Å². The summed E-state index contributed by atoms with van der Waals surface area (Å²) in [6.07, 6.45) is 3.54. The van der Waals surface area contributed by atoms with E-state index in [1.54, 1.807) is 37.6 Å². The van der Waals surface area contributed by atoms with Crippen LogP contribution >= 0.6 is 23.4 Å². The molecule has 0 saturated carbocycles. The lowest BCUT2D eigenvalue weighted by Gasteiger charge is -2.06. The van der Waals surface area contributed by atoms with Crippen molar-refractivity contribution in [2.45, 2.75) is 0 Å². The monoisotopic (exact) mass is 466 g/mol. The fourth-order valence-electron chi connectivity index (χ4n) is 3.03. The number of pyridine rings is 1. The molecule has 0 bridgehead atoms. The number of fused-ring (bicyclic) bond motifs is 1. The molecule has 1 aromatic heterocycles. The summed E-state index contributed by atoms with van der Waals surface area (Å²) < 4.78 is 4.93. The van der Waals surface area contributed by atoms with E-state index in [9.17, 15) is 9.59 Å². The molecule has 0 unspecified atom stereocenters. The van der Waals surface area contributed by atoms with Crippen molar-refractivity contribution in [3.05, 3.63) is 75.8 Å². The number of hydrogen-bond acceptors (Lipinski definition) is 6. The summed E-state index contributed by atoms with van der Waals surface area (Å²) in [5, 5.41) is 7.25. The summed E-state index contributed by atoms with van der Waals surface area (Å²) in [7, 11) is 1.57. The lowest BCUT2D eigenvalue weighted by Crippen LogP contribution is -2.26. The Balaban J connectivity index is 1.54. The summed E-state index contributed by atoms with van der Waals surface area (Å²) in [5.41, 5.74) is 2.59. The van der Waals surface area contributed by atoms with Gasteiger partial charge < -0.3 is 15.4 Å². The van der Waals surface area contributed by atoms with Crippen molar-refractivity contribution in [3.8, 4) is 0 Å². The maximum absolute atomic E-state index is 12.4. The molecule has 32 heavy (non-hydrogen) atoms. The van der Waals surface area contributed by atoms with Gasteiger partial charge in [0.2, 0.25) is 0 Å². The van der Waals surface area contributed by atoms with Crippen molar-refractivity contribution in [1.29, 1.82) is 0 Å². The van der Waals surface area contributed by atoms with Crippen LogP contribution in [0.2, 0.25) is 5.02 Å². The summed E-state index contributed by atoms with van der Waals surface area (Å²) in [4.78, 5) is 34.0. The van der Waals surface area contributed by atoms with Gasteiger partial charge in [-0.3, -0.25) is 14.6 Å². The molecule has 3 aromatic rings. The largest absolute Gasteiger partial charge is 0.383 e. The highest BCUT2D eigenvalue weighted by molar-refractivity contribution is 8.18. The first kappa shape index (κ1) is 22.0. The lowest BCUT2D eigenvalue weighted by atomic mass is 10.1. The molecule has 1 aliphatic rings. The molecule has 7 nitrogen and oxygen atoms in total. The first-order valence-electron chi connectivity index (χ1n) is 9.74. The Morgan fingerprint density at radius 1 is 1.28 bits per heavy atom. The van der Waals surface area contributed by atoms with Gasteiger partial charge in [-0.1, -0.05) is 23.7 Å². The SMILES string of the molecule is COCCNC(=O)c1ccc(Cl)c(N=C2NC(=O)/C(=C\c3ccc4ncccc4c3)S2)c1. The second-order valence-corrected chi connectivity index (χ2v) is 8.29. The standard InChI is InChI=1S/C23H19ClN4O3S/c1-31-10-9-26-21(29)16-5-6-17(24)19(13-16)27-23-28-22(30)20(32-23)12-14-4-7-18-15(11-14)3-2-8-25-18/h2-8,11-13H,9-10H2,1H3,(H,26,29)(H,27,28,30)/b20-12+. The van der Waals surface area contributed by atoms with Crippen LogP contribution < -0.4 is 10.6 Å². The highest BCUT2D eigenvalue weighted by Crippen LogP contribution is 2.32. The number of carbonyl (C=O) groups is 2. The molecule has 2 aromatic carbocycles. The second kappa shape index (κ2) is 9.95. The summed E-state index contributed by atoms with van der Waals surface area (Å²) >= 11 is 7.48. The molecular formula is C23H19ClN4O3S. The predicted octanol–water partition coefficient (Wildman–Crippen LogP) is 4.16. The molecule has 2 amide bonds. The number of halogens is 1. The third-order valence-electron chi connectivity index (χ3n) is 4.60. The molecular weight excluding hydrogens is 448 g/mol. The topological polar surface area (TPSA) is 92.7 Å². The van der Waals surface area contributed by atoms with E-state index in [2.05, 4.69) is 20.6 Å². The van der Waals surface area contributed by atoms with E-state index in [1.165, 1.54) is 11.8 Å². The zero-order valence-corrected chi connectivity index (χ0v) is 18.7. The van der Waals surface area contributed by atoms with E-state index in [1.807, 2.05) is 30.3 Å². The average molecular weight is 467 g/mol. The molecule has 0 spiro atoms. The number of rotatable bonds is 6. The Morgan fingerprint density at radius 3 is 3.00 bits per heavy atom. The van der Waals surface area contributed by atoms with Crippen molar-refractivity contribution in [2.75, 3.05) is 20.3 Å². The smallest absolute Gasteiger partial charge is 0.264 e. The number of amides is 2. The van der Waals surface area contributed by atoms with Gasteiger partial charge >= 0.3 is 0 Å². The van der Waals surface area contributed by atoms with E-state index < -0.39 is 0 Å². The fraction of sp³-hybridized carbons (Fsp3) is 0.130. The van der Waals surface area contributed by atoms with Gasteiger partial charge in [0.05, 0.1) is 27.7 Å². The Kier molecular flexibility index (Phi) is 6.84. The molecule has 2 N–H and O–H groups in total. The van der Waals surface area contributed by atoms with Gasteiger partial charge in [-0.2, -0.15) is 0 Å². The summed E-state index contributed by atoms with van der Waals surface area (Å²) in [6, 6.07) is 14.5. The van der Waals surface area contributed by atoms with Crippen LogP contribution in [0.4, 0.5) is 5.69 Å². The van der Waals surface area contributed by atoms with Crippen molar-refractivity contribution >= 4 is 63.0 Å². The maximum atomic E-state index is 12.4. The highest BCUT2D eigenvalue weighted by Gasteiger charge is 2.24. The number of thioether (sulfide) groups is 1. The molecule has 1 aliphatic heterocycles. The van der Waals surface area contributed by atoms with E-state index in [-0.39, 0.29) is 11.8 Å². The van der Waals surface area contributed by atoms with Gasteiger partial charge in [0.15, 0.2) is 5.17 Å². The second-order valence-electron chi connectivity index (χ2n) is 6.85. The molecule has 1 fully saturated rings. The first-order valence-corrected chi connectivity index (χ1v) is 10.9. The average Bonchev–Trinajstić information content (AvgIpc) is 3.13. The molecule has 0 atom stereocenters. The number of nitrogens with one attached hydrogen (secondary N) is 2. The van der Waals surface area contributed by atoms with Crippen molar-refractivity contribution in [3.63, 3.8) is 0 Å². The molecule has 4 rings (SSSR count). The van der Waals surface area contributed by atoms with E-state index in [4.69, 9.17) is 16.3 Å². The van der Waals surface area contributed by atoms with Gasteiger partial charge in [0.1, 0.15) is 0 Å². The number of ether oxygens (including phenoxy) is 1. The molecule has 162 valence electrons. The van der Waals surface area contributed by atoms with Crippen LogP contribution in [-0.4, -0.2) is 42.2 Å². The lowest BCUT2D eigenvalue weighted by molar-refractivity contribution is -0.115. The zero-order valence-electron chi connectivity index (χ0n) is 17.1. The van der Waals surface area contributed by atoms with Crippen molar-refractivity contribution in [2.24, 2.45) is 4.99 Å². The first-order chi connectivity index (χ1) is 15.5. The third-order valence-corrected chi connectivity index (χ3v) is 5.83. The van der Waals surface area contributed by atoms with Crippen molar-refractivity contribution < 1.29 is 14.3 Å². The number of aromatic nitrogens is 1. The number of amidine groups is 1. The van der Waals surface area contributed by atoms with Crippen LogP contribution in [0, 0.1) is 0 Å².